The van der Waals surface area contributed by atoms with Gasteiger partial charge in [-0.05, 0) is 30.4 Å². The molecule has 0 atom stereocenters. The molecule has 104 valence electrons. The van der Waals surface area contributed by atoms with Crippen molar-refractivity contribution in [3.05, 3.63) is 24.3 Å². The lowest BCUT2D eigenvalue weighted by atomic mass is 9.69. The normalized spacial score (nSPS) is 22.1. The lowest BCUT2D eigenvalue weighted by Crippen LogP contribution is -2.57. The molecule has 1 aliphatic carbocycles. The molecule has 0 unspecified atom stereocenters. The van der Waals surface area contributed by atoms with Gasteiger partial charge in [-0.1, -0.05) is 25.3 Å². The molecule has 0 bridgehead atoms. The number of likely N-dealkylation sites (tertiary alicyclic amines) is 1. The van der Waals surface area contributed by atoms with Crippen molar-refractivity contribution >= 4 is 5.69 Å². The topological polar surface area (TPSA) is 38.5 Å². The fourth-order valence-electron chi connectivity index (χ4n) is 3.58. The van der Waals surface area contributed by atoms with Gasteiger partial charge in [0, 0.05) is 31.4 Å². The van der Waals surface area contributed by atoms with Gasteiger partial charge in [-0.15, -0.1) is 0 Å². The summed E-state index contributed by atoms with van der Waals surface area (Å²) >= 11 is 0. The molecule has 1 heterocycles. The van der Waals surface area contributed by atoms with Crippen LogP contribution >= 0.6 is 0 Å². The molecular formula is C16H24N2O. The van der Waals surface area contributed by atoms with Crippen LogP contribution < -0.4 is 10.5 Å². The highest BCUT2D eigenvalue weighted by atomic mass is 16.5. The predicted molar refractivity (Wildman–Crippen MR) is 78.3 cm³/mol. The number of hydrogen-bond donors (Lipinski definition) is 1. The Balaban J connectivity index is 1.38. The number of benzene rings is 1. The number of rotatable bonds is 4. The molecule has 1 saturated heterocycles. The van der Waals surface area contributed by atoms with E-state index in [0.717, 1.165) is 24.6 Å². The minimum atomic E-state index is 0.676. The van der Waals surface area contributed by atoms with Gasteiger partial charge >= 0.3 is 0 Å². The van der Waals surface area contributed by atoms with Crippen LogP contribution in [0.3, 0.4) is 0 Å². The quantitative estimate of drug-likeness (QED) is 0.846. The molecule has 1 spiro atoms. The number of ether oxygens (including phenoxy) is 1. The zero-order valence-corrected chi connectivity index (χ0v) is 11.6. The molecule has 1 aromatic rings. The van der Waals surface area contributed by atoms with Crippen LogP contribution in [0.25, 0.3) is 0 Å². The second-order valence-electron chi connectivity index (χ2n) is 6.19. The fraction of sp³-hybridized carbons (Fsp3) is 0.625. The highest BCUT2D eigenvalue weighted by Gasteiger charge is 2.42. The van der Waals surface area contributed by atoms with Crippen LogP contribution in [-0.4, -0.2) is 31.1 Å². The number of anilines is 1. The highest BCUT2D eigenvalue weighted by molar-refractivity contribution is 5.43. The number of nitrogens with two attached hydrogens (primary N) is 1. The van der Waals surface area contributed by atoms with Gasteiger partial charge in [-0.2, -0.15) is 0 Å². The van der Waals surface area contributed by atoms with Gasteiger partial charge in [-0.25, -0.2) is 0 Å². The van der Waals surface area contributed by atoms with Crippen LogP contribution in [0.15, 0.2) is 24.3 Å². The number of nitrogen functional groups attached to an aromatic ring is 1. The standard InChI is InChI=1S/C16H24N2O/c17-14-5-4-6-15(11-14)19-10-9-18-12-16(13-18)7-2-1-3-8-16/h4-6,11H,1-3,7-10,12-13,17H2. The van der Waals surface area contributed by atoms with Crippen molar-refractivity contribution in [1.29, 1.82) is 0 Å². The maximum Gasteiger partial charge on any atom is 0.121 e. The van der Waals surface area contributed by atoms with E-state index in [-0.39, 0.29) is 0 Å². The van der Waals surface area contributed by atoms with Gasteiger partial charge in [0.1, 0.15) is 12.4 Å². The molecule has 3 heteroatoms. The summed E-state index contributed by atoms with van der Waals surface area (Å²) < 4.78 is 5.75. The van der Waals surface area contributed by atoms with Gasteiger partial charge in [0.05, 0.1) is 0 Å². The molecule has 2 aliphatic rings. The van der Waals surface area contributed by atoms with Crippen LogP contribution in [0.5, 0.6) is 5.75 Å². The summed E-state index contributed by atoms with van der Waals surface area (Å²) in [5.41, 5.74) is 7.17. The Morgan fingerprint density at radius 3 is 2.68 bits per heavy atom. The van der Waals surface area contributed by atoms with E-state index in [9.17, 15) is 0 Å². The second kappa shape index (κ2) is 5.41. The molecule has 0 radical (unpaired) electrons. The van der Waals surface area contributed by atoms with Gasteiger partial charge in [0.2, 0.25) is 0 Å². The first-order valence-electron chi connectivity index (χ1n) is 7.47. The van der Waals surface area contributed by atoms with E-state index < -0.39 is 0 Å². The summed E-state index contributed by atoms with van der Waals surface area (Å²) in [5, 5.41) is 0. The number of hydrogen-bond acceptors (Lipinski definition) is 3. The molecule has 0 aromatic heterocycles. The first kappa shape index (κ1) is 12.8. The molecule has 19 heavy (non-hydrogen) atoms. The lowest BCUT2D eigenvalue weighted by Gasteiger charge is -2.52. The second-order valence-corrected chi connectivity index (χ2v) is 6.19. The number of nitrogens with zero attached hydrogens (tertiary/aromatic N) is 1. The Labute approximate surface area is 115 Å². The molecule has 2 fully saturated rings. The van der Waals surface area contributed by atoms with E-state index in [4.69, 9.17) is 10.5 Å². The Morgan fingerprint density at radius 1 is 1.16 bits per heavy atom. The van der Waals surface area contributed by atoms with Gasteiger partial charge < -0.3 is 10.5 Å². The van der Waals surface area contributed by atoms with Crippen molar-refractivity contribution < 1.29 is 4.74 Å². The van der Waals surface area contributed by atoms with E-state index in [0.29, 0.717) is 5.41 Å². The van der Waals surface area contributed by atoms with Crippen molar-refractivity contribution in [3.63, 3.8) is 0 Å². The Hall–Kier alpha value is -1.22. The average molecular weight is 260 g/mol. The fourth-order valence-corrected chi connectivity index (χ4v) is 3.58. The van der Waals surface area contributed by atoms with E-state index in [1.807, 2.05) is 24.3 Å². The molecule has 1 aromatic carbocycles. The molecule has 1 aliphatic heterocycles. The van der Waals surface area contributed by atoms with Crippen LogP contribution in [-0.2, 0) is 0 Å². The maximum atomic E-state index is 5.75. The Kier molecular flexibility index (Phi) is 3.65. The third kappa shape index (κ3) is 3.03. The van der Waals surface area contributed by atoms with Crippen molar-refractivity contribution in [2.75, 3.05) is 32.0 Å². The average Bonchev–Trinajstić information content (AvgIpc) is 2.38. The van der Waals surface area contributed by atoms with Gasteiger partial charge in [0.15, 0.2) is 0 Å². The third-order valence-electron chi connectivity index (χ3n) is 4.57. The minimum Gasteiger partial charge on any atom is -0.492 e. The molecule has 1 saturated carbocycles. The smallest absolute Gasteiger partial charge is 0.121 e. The van der Waals surface area contributed by atoms with Crippen LogP contribution in [0.2, 0.25) is 0 Å². The Morgan fingerprint density at radius 2 is 1.95 bits per heavy atom. The van der Waals surface area contributed by atoms with Crippen molar-refractivity contribution in [2.45, 2.75) is 32.1 Å². The molecule has 3 nitrogen and oxygen atoms in total. The highest BCUT2D eigenvalue weighted by Crippen LogP contribution is 2.43. The zero-order valence-electron chi connectivity index (χ0n) is 11.6. The summed E-state index contributed by atoms with van der Waals surface area (Å²) in [6, 6.07) is 7.67. The SMILES string of the molecule is Nc1cccc(OCCN2CC3(CCCCC3)C2)c1. The first-order valence-corrected chi connectivity index (χ1v) is 7.47. The zero-order chi connectivity index (χ0) is 13.1. The predicted octanol–water partition coefficient (Wildman–Crippen LogP) is 2.91. The summed E-state index contributed by atoms with van der Waals surface area (Å²) in [5.74, 6) is 0.882. The molecular weight excluding hydrogens is 236 g/mol. The molecule has 2 N–H and O–H groups in total. The van der Waals surface area contributed by atoms with Gasteiger partial charge in [-0.3, -0.25) is 4.90 Å². The van der Waals surface area contributed by atoms with E-state index in [1.54, 1.807) is 0 Å². The van der Waals surface area contributed by atoms with Gasteiger partial charge in [0.25, 0.3) is 0 Å². The molecule has 0 amide bonds. The van der Waals surface area contributed by atoms with E-state index in [2.05, 4.69) is 4.90 Å². The largest absolute Gasteiger partial charge is 0.492 e. The van der Waals surface area contributed by atoms with E-state index >= 15 is 0 Å². The van der Waals surface area contributed by atoms with Crippen LogP contribution in [0.4, 0.5) is 5.69 Å². The summed E-state index contributed by atoms with van der Waals surface area (Å²) in [6.07, 6.45) is 7.21. The van der Waals surface area contributed by atoms with Crippen LogP contribution in [0, 0.1) is 5.41 Å². The monoisotopic (exact) mass is 260 g/mol. The Bertz CT molecular complexity index is 419. The van der Waals surface area contributed by atoms with Crippen LogP contribution in [0.1, 0.15) is 32.1 Å². The summed E-state index contributed by atoms with van der Waals surface area (Å²) in [6.45, 7) is 4.37. The lowest BCUT2D eigenvalue weighted by molar-refractivity contribution is -0.0332. The third-order valence-corrected chi connectivity index (χ3v) is 4.57. The minimum absolute atomic E-state index is 0.676. The summed E-state index contributed by atoms with van der Waals surface area (Å²) in [4.78, 5) is 2.53. The molecule has 3 rings (SSSR count). The van der Waals surface area contributed by atoms with Crippen molar-refractivity contribution in [1.82, 2.24) is 4.90 Å². The first-order chi connectivity index (χ1) is 9.26. The maximum absolute atomic E-state index is 5.75. The van der Waals surface area contributed by atoms with E-state index in [1.165, 1.54) is 45.2 Å². The summed E-state index contributed by atoms with van der Waals surface area (Å²) in [7, 11) is 0. The van der Waals surface area contributed by atoms with Crippen molar-refractivity contribution in [3.8, 4) is 5.75 Å². The van der Waals surface area contributed by atoms with Crippen molar-refractivity contribution in [2.24, 2.45) is 5.41 Å².